The smallest absolute Gasteiger partial charge is 0.131 e. The molecule has 0 aliphatic carbocycles. The summed E-state index contributed by atoms with van der Waals surface area (Å²) < 4.78 is 5.38. The highest BCUT2D eigenvalue weighted by Gasteiger charge is 2.15. The molecule has 0 fully saturated rings. The van der Waals surface area contributed by atoms with Crippen LogP contribution in [0.3, 0.4) is 0 Å². The van der Waals surface area contributed by atoms with Crippen molar-refractivity contribution < 1.29 is 9.53 Å². The van der Waals surface area contributed by atoms with Crippen LogP contribution in [0.1, 0.15) is 45.2 Å². The van der Waals surface area contributed by atoms with Crippen molar-refractivity contribution in [1.82, 2.24) is 5.32 Å². The number of ketones is 1. The third-order valence-electron chi connectivity index (χ3n) is 3.12. The van der Waals surface area contributed by atoms with Gasteiger partial charge in [-0.05, 0) is 24.0 Å². The molecule has 1 N–H and O–H groups in total. The number of carbonyl (C=O) groups excluding carboxylic acids is 1. The van der Waals surface area contributed by atoms with Gasteiger partial charge in [-0.1, -0.05) is 32.9 Å². The average Bonchev–Trinajstić information content (AvgIpc) is 2.33. The number of nitrogens with one attached hydrogen (secondary N) is 1. The maximum Gasteiger partial charge on any atom is 0.131 e. The first-order chi connectivity index (χ1) is 8.84. The Labute approximate surface area is 116 Å². The van der Waals surface area contributed by atoms with Gasteiger partial charge >= 0.3 is 0 Å². The lowest BCUT2D eigenvalue weighted by Gasteiger charge is -2.21. The fourth-order valence-corrected chi connectivity index (χ4v) is 1.87. The van der Waals surface area contributed by atoms with Gasteiger partial charge in [0.25, 0.3) is 0 Å². The molecule has 0 heterocycles. The summed E-state index contributed by atoms with van der Waals surface area (Å²) in [6.07, 6.45) is 0.571. The van der Waals surface area contributed by atoms with Gasteiger partial charge in [0.05, 0.1) is 7.11 Å². The molecule has 0 bridgehead atoms. The molecule has 1 aromatic carbocycles. The largest absolute Gasteiger partial charge is 0.496 e. The number of methoxy groups -OCH3 is 1. The van der Waals surface area contributed by atoms with Gasteiger partial charge in [0.2, 0.25) is 0 Å². The predicted octanol–water partition coefficient (Wildman–Crippen LogP) is 3.06. The molecule has 0 aliphatic heterocycles. The van der Waals surface area contributed by atoms with E-state index < -0.39 is 0 Å². The Morgan fingerprint density at radius 3 is 2.53 bits per heavy atom. The lowest BCUT2D eigenvalue weighted by atomic mass is 9.86. The van der Waals surface area contributed by atoms with Gasteiger partial charge in [-0.3, -0.25) is 4.79 Å². The summed E-state index contributed by atoms with van der Waals surface area (Å²) in [6, 6.07) is 6.31. The Bertz CT molecular complexity index is 433. The van der Waals surface area contributed by atoms with Crippen molar-refractivity contribution in [3.05, 3.63) is 29.3 Å². The molecule has 0 atom stereocenters. The second-order valence-electron chi connectivity index (χ2n) is 5.91. The summed E-state index contributed by atoms with van der Waals surface area (Å²) in [5, 5.41) is 3.29. The van der Waals surface area contributed by atoms with Crippen LogP contribution in [0.15, 0.2) is 18.2 Å². The summed E-state index contributed by atoms with van der Waals surface area (Å²) in [6.45, 7) is 9.63. The van der Waals surface area contributed by atoms with Crippen LogP contribution in [0.4, 0.5) is 0 Å². The van der Waals surface area contributed by atoms with Crippen LogP contribution in [-0.4, -0.2) is 19.4 Å². The van der Waals surface area contributed by atoms with Crippen molar-refractivity contribution >= 4 is 5.78 Å². The lowest BCUT2D eigenvalue weighted by Crippen LogP contribution is -2.18. The van der Waals surface area contributed by atoms with Gasteiger partial charge in [0.1, 0.15) is 11.5 Å². The molecule has 0 unspecified atom stereocenters. The Balaban J connectivity index is 2.76. The molecule has 106 valence electrons. The highest BCUT2D eigenvalue weighted by molar-refractivity contribution is 5.75. The first-order valence-corrected chi connectivity index (χ1v) is 6.72. The monoisotopic (exact) mass is 263 g/mol. The van der Waals surface area contributed by atoms with E-state index in [0.29, 0.717) is 13.0 Å². The van der Waals surface area contributed by atoms with Crippen LogP contribution in [0.2, 0.25) is 0 Å². The van der Waals surface area contributed by atoms with Crippen LogP contribution in [0.25, 0.3) is 0 Å². The predicted molar refractivity (Wildman–Crippen MR) is 78.7 cm³/mol. The SMILES string of the molecule is COc1ccc(C(C)(C)C)cc1CNCCC(C)=O. The zero-order valence-corrected chi connectivity index (χ0v) is 12.7. The quantitative estimate of drug-likeness (QED) is 0.802. The molecule has 19 heavy (non-hydrogen) atoms. The highest BCUT2D eigenvalue weighted by Crippen LogP contribution is 2.27. The van der Waals surface area contributed by atoms with E-state index >= 15 is 0 Å². The summed E-state index contributed by atoms with van der Waals surface area (Å²) in [5.41, 5.74) is 2.55. The van der Waals surface area contributed by atoms with Gasteiger partial charge in [0.15, 0.2) is 0 Å². The van der Waals surface area contributed by atoms with E-state index in [1.807, 2.05) is 6.07 Å². The lowest BCUT2D eigenvalue weighted by molar-refractivity contribution is -0.116. The number of ether oxygens (including phenoxy) is 1. The van der Waals surface area contributed by atoms with Crippen molar-refractivity contribution in [3.63, 3.8) is 0 Å². The van der Waals surface area contributed by atoms with E-state index in [2.05, 4.69) is 38.2 Å². The first-order valence-electron chi connectivity index (χ1n) is 6.72. The van der Waals surface area contributed by atoms with Crippen molar-refractivity contribution in [2.45, 2.75) is 46.1 Å². The molecular formula is C16H25NO2. The zero-order chi connectivity index (χ0) is 14.5. The normalized spacial score (nSPS) is 11.4. The van der Waals surface area contributed by atoms with E-state index in [0.717, 1.165) is 17.9 Å². The minimum atomic E-state index is 0.125. The Morgan fingerprint density at radius 2 is 2.00 bits per heavy atom. The first kappa shape index (κ1) is 15.7. The molecule has 1 rings (SSSR count). The summed E-state index contributed by atoms with van der Waals surface area (Å²) in [7, 11) is 1.69. The molecule has 3 nitrogen and oxygen atoms in total. The number of benzene rings is 1. The van der Waals surface area contributed by atoms with Crippen molar-refractivity contribution in [3.8, 4) is 5.75 Å². The van der Waals surface area contributed by atoms with E-state index in [1.54, 1.807) is 14.0 Å². The van der Waals surface area contributed by atoms with Crippen molar-refractivity contribution in [2.24, 2.45) is 0 Å². The summed E-state index contributed by atoms with van der Waals surface area (Å²) >= 11 is 0. The zero-order valence-electron chi connectivity index (χ0n) is 12.7. The van der Waals surface area contributed by atoms with E-state index in [4.69, 9.17) is 4.74 Å². The van der Waals surface area contributed by atoms with Crippen LogP contribution in [0, 0.1) is 0 Å². The second-order valence-corrected chi connectivity index (χ2v) is 5.91. The van der Waals surface area contributed by atoms with E-state index in [1.165, 1.54) is 5.56 Å². The summed E-state index contributed by atoms with van der Waals surface area (Å²) in [4.78, 5) is 10.9. The topological polar surface area (TPSA) is 38.3 Å². The molecule has 0 saturated carbocycles. The van der Waals surface area contributed by atoms with E-state index in [-0.39, 0.29) is 11.2 Å². The van der Waals surface area contributed by atoms with Gasteiger partial charge in [-0.2, -0.15) is 0 Å². The molecular weight excluding hydrogens is 238 g/mol. The number of hydrogen-bond acceptors (Lipinski definition) is 3. The maximum absolute atomic E-state index is 10.9. The van der Waals surface area contributed by atoms with Crippen LogP contribution in [-0.2, 0) is 16.8 Å². The Hall–Kier alpha value is -1.35. The van der Waals surface area contributed by atoms with E-state index in [9.17, 15) is 4.79 Å². The standard InChI is InChI=1S/C16H25NO2/c1-12(18)8-9-17-11-13-10-14(16(2,3)4)6-7-15(13)19-5/h6-7,10,17H,8-9,11H2,1-5H3. The second kappa shape index (κ2) is 6.71. The third kappa shape index (κ3) is 5.03. The molecule has 0 amide bonds. The molecule has 0 radical (unpaired) electrons. The Kier molecular flexibility index (Phi) is 5.55. The molecule has 1 aromatic rings. The molecule has 0 spiro atoms. The fraction of sp³-hybridized carbons (Fsp3) is 0.562. The number of Topliss-reactive ketones (excluding diaryl/α,β-unsaturated/α-hetero) is 1. The van der Waals surface area contributed by atoms with Crippen LogP contribution in [0.5, 0.6) is 5.75 Å². The van der Waals surface area contributed by atoms with Crippen LogP contribution >= 0.6 is 0 Å². The van der Waals surface area contributed by atoms with Gasteiger partial charge < -0.3 is 10.1 Å². The number of carbonyl (C=O) groups is 1. The molecule has 0 saturated heterocycles. The molecule has 0 aromatic heterocycles. The van der Waals surface area contributed by atoms with Crippen molar-refractivity contribution in [1.29, 1.82) is 0 Å². The van der Waals surface area contributed by atoms with Crippen molar-refractivity contribution in [2.75, 3.05) is 13.7 Å². The highest BCUT2D eigenvalue weighted by atomic mass is 16.5. The molecule has 0 aliphatic rings. The Morgan fingerprint density at radius 1 is 1.32 bits per heavy atom. The summed E-state index contributed by atoms with van der Waals surface area (Å²) in [5.74, 6) is 1.10. The number of rotatable bonds is 6. The average molecular weight is 263 g/mol. The van der Waals surface area contributed by atoms with Gasteiger partial charge in [-0.15, -0.1) is 0 Å². The fourth-order valence-electron chi connectivity index (χ4n) is 1.87. The minimum Gasteiger partial charge on any atom is -0.496 e. The van der Waals surface area contributed by atoms with Crippen LogP contribution < -0.4 is 10.1 Å². The molecule has 3 heteroatoms. The van der Waals surface area contributed by atoms with Gasteiger partial charge in [-0.25, -0.2) is 0 Å². The minimum absolute atomic E-state index is 0.125. The maximum atomic E-state index is 10.9. The third-order valence-corrected chi connectivity index (χ3v) is 3.12. The van der Waals surface area contributed by atoms with Gasteiger partial charge in [0, 0.05) is 25.1 Å². The number of hydrogen-bond donors (Lipinski definition) is 1.